The number of nitrogen functional groups attached to an aromatic ring is 2. The summed E-state index contributed by atoms with van der Waals surface area (Å²) in [5.74, 6) is 1.81. The van der Waals surface area contributed by atoms with E-state index in [1.165, 1.54) is 40.6 Å². The van der Waals surface area contributed by atoms with E-state index >= 15 is 0 Å². The van der Waals surface area contributed by atoms with Gasteiger partial charge in [-0.25, -0.2) is 9.59 Å². The Kier molecular flexibility index (Phi) is 14.1. The fraction of sp³-hybridized carbons (Fsp3) is 0.417. The van der Waals surface area contributed by atoms with Gasteiger partial charge in [-0.2, -0.15) is 0 Å². The molecule has 2 aromatic carbocycles. The van der Waals surface area contributed by atoms with Crippen molar-refractivity contribution in [1.82, 2.24) is 0 Å². The average molecular weight is 547 g/mol. The molecule has 0 fully saturated rings. The first-order valence-electron chi connectivity index (χ1n) is 10.8. The number of anilines is 2. The number of carbonyl (C=O) groups is 2. The number of alkyl halides is 2. The number of halogens is 2. The zero-order chi connectivity index (χ0) is 27.1. The lowest BCUT2D eigenvalue weighted by Gasteiger charge is -2.13. The first-order chi connectivity index (χ1) is 17.3. The Morgan fingerprint density at radius 1 is 0.667 bits per heavy atom. The third-order valence-electron chi connectivity index (χ3n) is 4.55. The monoisotopic (exact) mass is 546 g/mol. The van der Waals surface area contributed by atoms with Crippen LogP contribution in [0.1, 0.15) is 33.6 Å². The maximum Gasteiger partial charge on any atom is 0.340 e. The summed E-state index contributed by atoms with van der Waals surface area (Å²) >= 11 is 11.1. The van der Waals surface area contributed by atoms with Crippen LogP contribution in [-0.2, 0) is 9.47 Å². The molecule has 2 rings (SSSR count). The van der Waals surface area contributed by atoms with Crippen molar-refractivity contribution in [2.75, 3.05) is 64.9 Å². The lowest BCUT2D eigenvalue weighted by molar-refractivity contribution is 0.0592. The number of benzene rings is 2. The summed E-state index contributed by atoms with van der Waals surface area (Å²) in [5, 5.41) is 0. The van der Waals surface area contributed by atoms with E-state index in [-0.39, 0.29) is 22.5 Å². The molecule has 0 atom stereocenters. The van der Waals surface area contributed by atoms with Crippen molar-refractivity contribution in [2.45, 2.75) is 12.8 Å². The highest BCUT2D eigenvalue weighted by atomic mass is 35.5. The summed E-state index contributed by atoms with van der Waals surface area (Å²) in [6, 6.07) is 6.08. The van der Waals surface area contributed by atoms with Crippen LogP contribution in [0.5, 0.6) is 23.0 Å². The summed E-state index contributed by atoms with van der Waals surface area (Å²) < 4.78 is 30.5. The van der Waals surface area contributed by atoms with E-state index in [1.54, 1.807) is 12.1 Å². The molecule has 0 heterocycles. The van der Waals surface area contributed by atoms with Crippen molar-refractivity contribution in [1.29, 1.82) is 0 Å². The topological polar surface area (TPSA) is 142 Å². The van der Waals surface area contributed by atoms with Crippen LogP contribution in [0, 0.1) is 0 Å². The zero-order valence-electron chi connectivity index (χ0n) is 20.7. The molecular weight excluding hydrogens is 515 g/mol. The standard InChI is InChI=1S/2C12H16ClNO4/c2*1-16-10-6-8(12(15)17-2)9(14)7-11(10)18-5-3-4-13/h2*6-7H,3-5,14H2,1-2H3. The molecule has 10 nitrogen and oxygen atoms in total. The molecule has 12 heteroatoms. The summed E-state index contributed by atoms with van der Waals surface area (Å²) in [4.78, 5) is 22.9. The van der Waals surface area contributed by atoms with Crippen LogP contribution in [-0.4, -0.2) is 65.4 Å². The number of ether oxygens (including phenoxy) is 6. The average Bonchev–Trinajstić information content (AvgIpc) is 2.88. The molecule has 0 radical (unpaired) electrons. The molecule has 0 saturated carbocycles. The third kappa shape index (κ3) is 9.09. The van der Waals surface area contributed by atoms with Crippen molar-refractivity contribution in [3.05, 3.63) is 35.4 Å². The summed E-state index contributed by atoms with van der Waals surface area (Å²) in [7, 11) is 5.56. The smallest absolute Gasteiger partial charge is 0.340 e. The van der Waals surface area contributed by atoms with Gasteiger partial charge < -0.3 is 39.9 Å². The van der Waals surface area contributed by atoms with Crippen LogP contribution >= 0.6 is 23.2 Å². The molecule has 0 aliphatic carbocycles. The van der Waals surface area contributed by atoms with Crippen molar-refractivity contribution >= 4 is 46.5 Å². The van der Waals surface area contributed by atoms with Crippen LogP contribution in [0.2, 0.25) is 0 Å². The van der Waals surface area contributed by atoms with Crippen LogP contribution in [0.25, 0.3) is 0 Å². The predicted octanol–water partition coefficient (Wildman–Crippen LogP) is 4.14. The lowest BCUT2D eigenvalue weighted by atomic mass is 10.1. The molecule has 200 valence electrons. The van der Waals surface area contributed by atoms with E-state index in [0.29, 0.717) is 60.8 Å². The molecule has 0 bridgehead atoms. The SMILES string of the molecule is COC(=O)c1cc(OC)c(OCCCCl)cc1N.COC(=O)c1cc(OC)c(OCCCCl)cc1N. The lowest BCUT2D eigenvalue weighted by Crippen LogP contribution is -2.08. The van der Waals surface area contributed by atoms with Gasteiger partial charge in [0.2, 0.25) is 0 Å². The van der Waals surface area contributed by atoms with E-state index < -0.39 is 11.9 Å². The highest BCUT2D eigenvalue weighted by molar-refractivity contribution is 6.18. The number of nitrogens with two attached hydrogens (primary N) is 2. The summed E-state index contributed by atoms with van der Waals surface area (Å²) in [5.41, 5.74) is 12.6. The Labute approximate surface area is 220 Å². The molecule has 0 aliphatic heterocycles. The van der Waals surface area contributed by atoms with Crippen LogP contribution in [0.4, 0.5) is 11.4 Å². The molecule has 0 saturated heterocycles. The van der Waals surface area contributed by atoms with Gasteiger partial charge in [0.05, 0.1) is 64.2 Å². The van der Waals surface area contributed by atoms with E-state index in [9.17, 15) is 9.59 Å². The molecule has 2 aromatic rings. The minimum absolute atomic E-state index is 0.249. The molecule has 0 amide bonds. The molecule has 4 N–H and O–H groups in total. The largest absolute Gasteiger partial charge is 0.493 e. The van der Waals surface area contributed by atoms with E-state index in [4.69, 9.17) is 53.6 Å². The number of rotatable bonds is 12. The first kappa shape index (κ1) is 30.8. The fourth-order valence-corrected chi connectivity index (χ4v) is 2.96. The Morgan fingerprint density at radius 3 is 1.31 bits per heavy atom. The van der Waals surface area contributed by atoms with E-state index in [2.05, 4.69) is 9.47 Å². The van der Waals surface area contributed by atoms with E-state index in [0.717, 1.165) is 0 Å². The second-order valence-corrected chi connectivity index (χ2v) is 7.70. The van der Waals surface area contributed by atoms with Gasteiger partial charge in [0.1, 0.15) is 0 Å². The summed E-state index contributed by atoms with van der Waals surface area (Å²) in [6.45, 7) is 0.910. The number of methoxy groups -OCH3 is 4. The van der Waals surface area contributed by atoms with Crippen LogP contribution in [0.3, 0.4) is 0 Å². The second-order valence-electron chi connectivity index (χ2n) is 6.95. The first-order valence-corrected chi connectivity index (χ1v) is 11.8. The minimum atomic E-state index is -0.516. The Morgan fingerprint density at radius 2 is 1.03 bits per heavy atom. The number of hydrogen-bond acceptors (Lipinski definition) is 10. The number of esters is 2. The van der Waals surface area contributed by atoms with Gasteiger partial charge in [0.25, 0.3) is 0 Å². The van der Waals surface area contributed by atoms with Crippen molar-refractivity contribution in [3.63, 3.8) is 0 Å². The normalized spacial score (nSPS) is 9.94. The Balaban J connectivity index is 0.000000360. The fourth-order valence-electron chi connectivity index (χ4n) is 2.74. The molecule has 0 unspecified atom stereocenters. The zero-order valence-corrected chi connectivity index (χ0v) is 22.2. The third-order valence-corrected chi connectivity index (χ3v) is 5.09. The van der Waals surface area contributed by atoms with Crippen LogP contribution in [0.15, 0.2) is 24.3 Å². The van der Waals surface area contributed by atoms with Gasteiger partial charge in [-0.3, -0.25) is 0 Å². The Bertz CT molecular complexity index is 925. The molecular formula is C24H32Cl2N2O8. The maximum absolute atomic E-state index is 11.5. The van der Waals surface area contributed by atoms with Gasteiger partial charge in [0.15, 0.2) is 23.0 Å². The Hall–Kier alpha value is -3.24. The molecule has 0 spiro atoms. The van der Waals surface area contributed by atoms with E-state index in [1.807, 2.05) is 0 Å². The number of hydrogen-bond donors (Lipinski definition) is 2. The number of carbonyl (C=O) groups excluding carboxylic acids is 2. The van der Waals surface area contributed by atoms with Gasteiger partial charge in [-0.1, -0.05) is 0 Å². The maximum atomic E-state index is 11.5. The summed E-state index contributed by atoms with van der Waals surface area (Å²) in [6.07, 6.45) is 1.42. The molecule has 36 heavy (non-hydrogen) atoms. The van der Waals surface area contributed by atoms with Gasteiger partial charge >= 0.3 is 11.9 Å². The highest BCUT2D eigenvalue weighted by Gasteiger charge is 2.17. The highest BCUT2D eigenvalue weighted by Crippen LogP contribution is 2.33. The van der Waals surface area contributed by atoms with Gasteiger partial charge in [0, 0.05) is 36.0 Å². The second kappa shape index (κ2) is 16.4. The van der Waals surface area contributed by atoms with Gasteiger partial charge in [-0.15, -0.1) is 23.2 Å². The van der Waals surface area contributed by atoms with Gasteiger partial charge in [-0.05, 0) is 12.8 Å². The quantitative estimate of drug-likeness (QED) is 0.172. The molecule has 0 aliphatic rings. The van der Waals surface area contributed by atoms with Crippen molar-refractivity contribution < 1.29 is 38.0 Å². The minimum Gasteiger partial charge on any atom is -0.493 e. The predicted molar refractivity (Wildman–Crippen MR) is 139 cm³/mol. The van der Waals surface area contributed by atoms with Crippen molar-refractivity contribution in [2.24, 2.45) is 0 Å². The molecule has 0 aromatic heterocycles. The van der Waals surface area contributed by atoms with Crippen LogP contribution < -0.4 is 30.4 Å². The van der Waals surface area contributed by atoms with Crippen molar-refractivity contribution in [3.8, 4) is 23.0 Å².